The van der Waals surface area contributed by atoms with Crippen LogP contribution in [0.1, 0.15) is 30.6 Å². The number of nitrogens with one attached hydrogen (secondary N) is 1. The molecule has 0 saturated heterocycles. The molecule has 0 aliphatic rings. The quantitative estimate of drug-likeness (QED) is 0.611. The highest BCUT2D eigenvalue weighted by Gasteiger charge is 2.08. The van der Waals surface area contributed by atoms with Gasteiger partial charge in [0.25, 0.3) is 5.91 Å². The monoisotopic (exact) mass is 267 g/mol. The number of nitrogen functional groups attached to an aromatic ring is 1. The minimum absolute atomic E-state index is 0.00723. The first-order valence-electron chi connectivity index (χ1n) is 6.45. The summed E-state index contributed by atoms with van der Waals surface area (Å²) in [7, 11) is 2.05. The van der Waals surface area contributed by atoms with Crippen molar-refractivity contribution in [1.29, 1.82) is 0 Å². The van der Waals surface area contributed by atoms with Gasteiger partial charge in [0.1, 0.15) is 5.82 Å². The molecule has 1 amide bonds. The van der Waals surface area contributed by atoms with Gasteiger partial charge in [-0.15, -0.1) is 0 Å². The minimum Gasteiger partial charge on any atom is -0.396 e. The fourth-order valence-corrected chi connectivity index (χ4v) is 1.58. The van der Waals surface area contributed by atoms with Crippen molar-refractivity contribution in [2.45, 2.75) is 26.3 Å². The Morgan fingerprint density at radius 3 is 2.74 bits per heavy atom. The Kier molecular flexibility index (Phi) is 5.76. The van der Waals surface area contributed by atoms with Gasteiger partial charge in [0, 0.05) is 18.2 Å². The van der Waals surface area contributed by atoms with Crippen molar-refractivity contribution in [3.8, 4) is 0 Å². The van der Waals surface area contributed by atoms with E-state index in [1.165, 1.54) is 18.2 Å². The van der Waals surface area contributed by atoms with Crippen molar-refractivity contribution in [1.82, 2.24) is 10.2 Å². The molecule has 0 spiro atoms. The molecule has 106 valence electrons. The number of carbonyl (C=O) groups is 1. The molecule has 0 atom stereocenters. The summed E-state index contributed by atoms with van der Waals surface area (Å²) >= 11 is 0. The van der Waals surface area contributed by atoms with Crippen LogP contribution in [0, 0.1) is 5.82 Å². The minimum atomic E-state index is -0.505. The molecule has 0 aliphatic heterocycles. The van der Waals surface area contributed by atoms with E-state index in [0.29, 0.717) is 18.2 Å². The van der Waals surface area contributed by atoms with Gasteiger partial charge < -0.3 is 16.0 Å². The Balaban J connectivity index is 2.37. The molecule has 0 aromatic heterocycles. The molecule has 0 heterocycles. The number of anilines is 1. The lowest BCUT2D eigenvalue weighted by atomic mass is 10.2. The lowest BCUT2D eigenvalue weighted by Gasteiger charge is -2.20. The topological polar surface area (TPSA) is 58.4 Å². The molecule has 0 bridgehead atoms. The van der Waals surface area contributed by atoms with Crippen molar-refractivity contribution in [3.63, 3.8) is 0 Å². The summed E-state index contributed by atoms with van der Waals surface area (Å²) in [5, 5.41) is 2.80. The van der Waals surface area contributed by atoms with Crippen LogP contribution in [0.15, 0.2) is 18.2 Å². The van der Waals surface area contributed by atoms with Gasteiger partial charge in [-0.2, -0.15) is 0 Å². The highest BCUT2D eigenvalue weighted by molar-refractivity contribution is 5.94. The number of halogens is 1. The van der Waals surface area contributed by atoms with Crippen LogP contribution in [-0.2, 0) is 0 Å². The molecule has 4 nitrogen and oxygen atoms in total. The summed E-state index contributed by atoms with van der Waals surface area (Å²) in [6, 6.07) is 4.48. The maximum atomic E-state index is 13.0. The zero-order valence-corrected chi connectivity index (χ0v) is 11.7. The highest BCUT2D eigenvalue weighted by atomic mass is 19.1. The molecular weight excluding hydrogens is 245 g/mol. The Morgan fingerprint density at radius 1 is 1.47 bits per heavy atom. The first-order chi connectivity index (χ1) is 8.91. The van der Waals surface area contributed by atoms with Crippen LogP contribution in [0.2, 0.25) is 0 Å². The molecule has 1 aromatic carbocycles. The average Bonchev–Trinajstić information content (AvgIpc) is 2.37. The number of nitrogens with two attached hydrogens (primary N) is 1. The van der Waals surface area contributed by atoms with Crippen molar-refractivity contribution in [2.24, 2.45) is 0 Å². The molecule has 0 unspecified atom stereocenters. The van der Waals surface area contributed by atoms with Crippen molar-refractivity contribution in [3.05, 3.63) is 29.6 Å². The second-order valence-corrected chi connectivity index (χ2v) is 4.92. The first-order valence-corrected chi connectivity index (χ1v) is 6.45. The Morgan fingerprint density at radius 2 is 2.16 bits per heavy atom. The van der Waals surface area contributed by atoms with E-state index in [1.54, 1.807) is 0 Å². The van der Waals surface area contributed by atoms with E-state index in [0.717, 1.165) is 13.0 Å². The van der Waals surface area contributed by atoms with Crippen LogP contribution in [0.3, 0.4) is 0 Å². The molecule has 1 aromatic rings. The number of carbonyl (C=O) groups excluding carboxylic acids is 1. The van der Waals surface area contributed by atoms with Gasteiger partial charge in [-0.1, -0.05) is 0 Å². The second-order valence-electron chi connectivity index (χ2n) is 4.92. The summed E-state index contributed by atoms with van der Waals surface area (Å²) < 4.78 is 13.0. The van der Waals surface area contributed by atoms with E-state index in [1.807, 2.05) is 7.05 Å². The first kappa shape index (κ1) is 15.4. The third kappa shape index (κ3) is 4.87. The van der Waals surface area contributed by atoms with Gasteiger partial charge in [-0.3, -0.25) is 4.79 Å². The summed E-state index contributed by atoms with van der Waals surface area (Å²) in [5.41, 5.74) is 5.80. The lowest BCUT2D eigenvalue weighted by molar-refractivity contribution is 0.0951. The molecule has 0 fully saturated rings. The van der Waals surface area contributed by atoms with Crippen LogP contribution in [0.4, 0.5) is 10.1 Å². The zero-order valence-electron chi connectivity index (χ0n) is 11.7. The summed E-state index contributed by atoms with van der Waals surface area (Å²) in [4.78, 5) is 14.0. The normalized spacial score (nSPS) is 11.1. The van der Waals surface area contributed by atoms with E-state index >= 15 is 0 Å². The van der Waals surface area contributed by atoms with Crippen LogP contribution >= 0.6 is 0 Å². The number of hydrogen-bond donors (Lipinski definition) is 2. The average molecular weight is 267 g/mol. The molecule has 0 aliphatic carbocycles. The largest absolute Gasteiger partial charge is 0.396 e. The van der Waals surface area contributed by atoms with Crippen LogP contribution in [-0.4, -0.2) is 37.0 Å². The van der Waals surface area contributed by atoms with E-state index in [4.69, 9.17) is 5.73 Å². The molecule has 5 heteroatoms. The maximum absolute atomic E-state index is 13.0. The van der Waals surface area contributed by atoms with E-state index < -0.39 is 5.82 Å². The molecule has 0 radical (unpaired) electrons. The smallest absolute Gasteiger partial charge is 0.251 e. The Hall–Kier alpha value is -1.62. The molecule has 0 saturated carbocycles. The summed E-state index contributed by atoms with van der Waals surface area (Å²) in [5.74, 6) is -0.728. The number of benzene rings is 1. The van der Waals surface area contributed by atoms with Gasteiger partial charge in [-0.05, 0) is 52.1 Å². The van der Waals surface area contributed by atoms with E-state index in [2.05, 4.69) is 24.1 Å². The van der Waals surface area contributed by atoms with Gasteiger partial charge in [0.15, 0.2) is 0 Å². The molecule has 1 rings (SSSR count). The fraction of sp³-hybridized carbons (Fsp3) is 0.500. The van der Waals surface area contributed by atoms with Crippen molar-refractivity contribution >= 4 is 11.6 Å². The van der Waals surface area contributed by atoms with Gasteiger partial charge in [0.05, 0.1) is 5.69 Å². The fourth-order valence-electron chi connectivity index (χ4n) is 1.58. The third-order valence-electron chi connectivity index (χ3n) is 3.11. The van der Waals surface area contributed by atoms with Gasteiger partial charge in [-0.25, -0.2) is 4.39 Å². The molecular formula is C14H22FN3O. The SMILES string of the molecule is CC(C)N(C)CCCNC(=O)c1ccc(F)c(N)c1. The van der Waals surface area contributed by atoms with E-state index in [9.17, 15) is 9.18 Å². The third-order valence-corrected chi connectivity index (χ3v) is 3.11. The number of hydrogen-bond acceptors (Lipinski definition) is 3. The van der Waals surface area contributed by atoms with Gasteiger partial charge in [0.2, 0.25) is 0 Å². The lowest BCUT2D eigenvalue weighted by Crippen LogP contribution is -2.31. The van der Waals surface area contributed by atoms with Gasteiger partial charge >= 0.3 is 0 Å². The van der Waals surface area contributed by atoms with Crippen LogP contribution in [0.25, 0.3) is 0 Å². The zero-order chi connectivity index (χ0) is 14.4. The van der Waals surface area contributed by atoms with Crippen LogP contribution < -0.4 is 11.1 Å². The van der Waals surface area contributed by atoms with Crippen molar-refractivity contribution in [2.75, 3.05) is 25.9 Å². The number of rotatable bonds is 6. The van der Waals surface area contributed by atoms with E-state index in [-0.39, 0.29) is 11.6 Å². The predicted molar refractivity (Wildman–Crippen MR) is 75.5 cm³/mol. The maximum Gasteiger partial charge on any atom is 0.251 e. The molecule has 3 N–H and O–H groups in total. The number of amides is 1. The molecule has 19 heavy (non-hydrogen) atoms. The number of nitrogens with zero attached hydrogens (tertiary/aromatic N) is 1. The Bertz CT molecular complexity index is 435. The predicted octanol–water partition coefficient (Wildman–Crippen LogP) is 1.87. The Labute approximate surface area is 113 Å². The summed E-state index contributed by atoms with van der Waals surface area (Å²) in [6.07, 6.45) is 0.872. The second kappa shape index (κ2) is 7.09. The highest BCUT2D eigenvalue weighted by Crippen LogP contribution is 2.11. The van der Waals surface area contributed by atoms with Crippen molar-refractivity contribution < 1.29 is 9.18 Å². The summed E-state index contributed by atoms with van der Waals surface area (Å²) in [6.45, 7) is 5.76. The standard InChI is InChI=1S/C14H22FN3O/c1-10(2)18(3)8-4-7-17-14(19)11-5-6-12(15)13(16)9-11/h5-6,9-10H,4,7-8,16H2,1-3H3,(H,17,19). The van der Waals surface area contributed by atoms with Crippen LogP contribution in [0.5, 0.6) is 0 Å².